The summed E-state index contributed by atoms with van der Waals surface area (Å²) in [6.07, 6.45) is 2.93. The number of pyridine rings is 1. The predicted molar refractivity (Wildman–Crippen MR) is 115 cm³/mol. The number of aromatic nitrogens is 1. The number of halogens is 1. The number of para-hydroxylation sites is 1. The number of nitrogens with zero attached hydrogens (tertiary/aromatic N) is 3. The maximum absolute atomic E-state index is 4.31. The Kier molecular flexibility index (Phi) is 7.49. The monoisotopic (exact) mass is 451 g/mol. The minimum absolute atomic E-state index is 0. The SMILES string of the molecule is CN=C(NCCN1c2ccccc2CC1C)NCc1ccccn1.I. The van der Waals surface area contributed by atoms with Crippen molar-refractivity contribution >= 4 is 35.6 Å². The molecule has 2 N–H and O–H groups in total. The Labute approximate surface area is 167 Å². The van der Waals surface area contributed by atoms with Crippen molar-refractivity contribution < 1.29 is 0 Å². The smallest absolute Gasteiger partial charge is 0.191 e. The molecule has 1 unspecified atom stereocenters. The van der Waals surface area contributed by atoms with Gasteiger partial charge in [-0.15, -0.1) is 24.0 Å². The van der Waals surface area contributed by atoms with Crippen LogP contribution in [0, 0.1) is 0 Å². The van der Waals surface area contributed by atoms with Crippen LogP contribution in [0.3, 0.4) is 0 Å². The molecule has 0 amide bonds. The standard InChI is InChI=1S/C19H25N5.HI/c1-15-13-16-7-3-4-9-18(16)24(15)12-11-22-19(20-2)23-14-17-8-5-6-10-21-17;/h3-10,15H,11-14H2,1-2H3,(H2,20,22,23);1H. The number of benzene rings is 1. The van der Waals surface area contributed by atoms with Crippen LogP contribution in [0.5, 0.6) is 0 Å². The van der Waals surface area contributed by atoms with Crippen molar-refractivity contribution in [3.8, 4) is 0 Å². The van der Waals surface area contributed by atoms with Crippen molar-refractivity contribution in [2.24, 2.45) is 4.99 Å². The number of guanidine groups is 1. The van der Waals surface area contributed by atoms with Crippen LogP contribution in [-0.2, 0) is 13.0 Å². The summed E-state index contributed by atoms with van der Waals surface area (Å²) in [5.74, 6) is 0.806. The number of fused-ring (bicyclic) bond motifs is 1. The quantitative estimate of drug-likeness (QED) is 0.417. The van der Waals surface area contributed by atoms with E-state index in [1.807, 2.05) is 18.2 Å². The molecule has 2 heterocycles. The lowest BCUT2D eigenvalue weighted by atomic mass is 10.1. The average Bonchev–Trinajstić information content (AvgIpc) is 2.94. The van der Waals surface area contributed by atoms with Crippen LogP contribution >= 0.6 is 24.0 Å². The molecular weight excluding hydrogens is 425 g/mol. The van der Waals surface area contributed by atoms with E-state index in [0.29, 0.717) is 12.6 Å². The number of nitrogens with one attached hydrogen (secondary N) is 2. The van der Waals surface area contributed by atoms with E-state index >= 15 is 0 Å². The highest BCUT2D eigenvalue weighted by Gasteiger charge is 2.24. The number of hydrogen-bond donors (Lipinski definition) is 2. The largest absolute Gasteiger partial charge is 0.367 e. The van der Waals surface area contributed by atoms with Crippen LogP contribution < -0.4 is 15.5 Å². The van der Waals surface area contributed by atoms with Crippen molar-refractivity contribution in [2.45, 2.75) is 25.9 Å². The third-order valence-corrected chi connectivity index (χ3v) is 4.38. The molecule has 1 aromatic carbocycles. The average molecular weight is 451 g/mol. The third-order valence-electron chi connectivity index (χ3n) is 4.38. The van der Waals surface area contributed by atoms with Crippen LogP contribution in [0.1, 0.15) is 18.2 Å². The summed E-state index contributed by atoms with van der Waals surface area (Å²) in [5, 5.41) is 6.69. The van der Waals surface area contributed by atoms with Gasteiger partial charge in [0.05, 0.1) is 12.2 Å². The highest BCUT2D eigenvalue weighted by molar-refractivity contribution is 14.0. The first-order chi connectivity index (χ1) is 11.8. The Balaban J connectivity index is 0.00000225. The molecule has 6 heteroatoms. The van der Waals surface area contributed by atoms with Gasteiger partial charge in [0, 0.05) is 38.1 Å². The summed E-state index contributed by atoms with van der Waals surface area (Å²) >= 11 is 0. The lowest BCUT2D eigenvalue weighted by Crippen LogP contribution is -2.42. The Morgan fingerprint density at radius 1 is 1.20 bits per heavy atom. The molecule has 25 heavy (non-hydrogen) atoms. The lowest BCUT2D eigenvalue weighted by molar-refractivity contribution is 0.656. The first-order valence-electron chi connectivity index (χ1n) is 8.47. The molecule has 1 atom stereocenters. The van der Waals surface area contributed by atoms with E-state index in [1.54, 1.807) is 13.2 Å². The van der Waals surface area contributed by atoms with Gasteiger partial charge in [-0.05, 0) is 37.1 Å². The summed E-state index contributed by atoms with van der Waals surface area (Å²) < 4.78 is 0. The minimum Gasteiger partial charge on any atom is -0.367 e. The van der Waals surface area contributed by atoms with Crippen LogP contribution in [0.15, 0.2) is 53.7 Å². The van der Waals surface area contributed by atoms with Crippen molar-refractivity contribution in [3.63, 3.8) is 0 Å². The third kappa shape index (κ3) is 5.07. The Morgan fingerprint density at radius 2 is 2.00 bits per heavy atom. The van der Waals surface area contributed by atoms with E-state index in [1.165, 1.54) is 11.3 Å². The van der Waals surface area contributed by atoms with Crippen molar-refractivity contribution in [1.29, 1.82) is 0 Å². The van der Waals surface area contributed by atoms with E-state index in [9.17, 15) is 0 Å². The molecule has 0 fully saturated rings. The maximum atomic E-state index is 4.31. The normalized spacial score (nSPS) is 16.2. The molecule has 2 aromatic rings. The maximum Gasteiger partial charge on any atom is 0.191 e. The van der Waals surface area contributed by atoms with E-state index in [-0.39, 0.29) is 24.0 Å². The van der Waals surface area contributed by atoms with Crippen molar-refractivity contribution in [1.82, 2.24) is 15.6 Å². The van der Waals surface area contributed by atoms with Gasteiger partial charge < -0.3 is 15.5 Å². The van der Waals surface area contributed by atoms with E-state index in [4.69, 9.17) is 0 Å². The molecule has 0 bridgehead atoms. The van der Waals surface area contributed by atoms with Gasteiger partial charge in [0.1, 0.15) is 0 Å². The molecule has 5 nitrogen and oxygen atoms in total. The van der Waals surface area contributed by atoms with Crippen LogP contribution in [0.25, 0.3) is 0 Å². The first-order valence-corrected chi connectivity index (χ1v) is 8.47. The Morgan fingerprint density at radius 3 is 2.76 bits per heavy atom. The van der Waals surface area contributed by atoms with Gasteiger partial charge in [0.2, 0.25) is 0 Å². The lowest BCUT2D eigenvalue weighted by Gasteiger charge is -2.25. The molecule has 134 valence electrons. The zero-order chi connectivity index (χ0) is 16.8. The fourth-order valence-corrected chi connectivity index (χ4v) is 3.16. The number of hydrogen-bond acceptors (Lipinski definition) is 3. The molecular formula is C19H26IN5. The minimum atomic E-state index is 0. The van der Waals surface area contributed by atoms with Gasteiger partial charge in [0.25, 0.3) is 0 Å². The molecule has 0 saturated carbocycles. The summed E-state index contributed by atoms with van der Waals surface area (Å²) in [6, 6.07) is 15.1. The fraction of sp³-hybridized carbons (Fsp3) is 0.368. The highest BCUT2D eigenvalue weighted by Crippen LogP contribution is 2.31. The second-order valence-corrected chi connectivity index (χ2v) is 6.05. The topological polar surface area (TPSA) is 52.6 Å². The summed E-state index contributed by atoms with van der Waals surface area (Å²) in [7, 11) is 1.79. The Hall–Kier alpha value is -1.83. The summed E-state index contributed by atoms with van der Waals surface area (Å²) in [5.41, 5.74) is 3.81. The van der Waals surface area contributed by atoms with Crippen LogP contribution in [-0.4, -0.2) is 37.1 Å². The molecule has 1 aliphatic heterocycles. The van der Waals surface area contributed by atoms with E-state index in [0.717, 1.165) is 31.2 Å². The number of rotatable bonds is 5. The van der Waals surface area contributed by atoms with Gasteiger partial charge in [-0.1, -0.05) is 24.3 Å². The summed E-state index contributed by atoms with van der Waals surface area (Å²) in [4.78, 5) is 11.1. The second-order valence-electron chi connectivity index (χ2n) is 6.05. The number of aliphatic imine (C=N–C) groups is 1. The van der Waals surface area contributed by atoms with Crippen molar-refractivity contribution in [2.75, 3.05) is 25.0 Å². The van der Waals surface area contributed by atoms with E-state index < -0.39 is 0 Å². The van der Waals surface area contributed by atoms with Gasteiger partial charge in [-0.3, -0.25) is 9.98 Å². The van der Waals surface area contributed by atoms with Crippen LogP contribution in [0.4, 0.5) is 5.69 Å². The first kappa shape index (κ1) is 19.5. The molecule has 3 rings (SSSR count). The fourth-order valence-electron chi connectivity index (χ4n) is 3.16. The Bertz CT molecular complexity index is 689. The second kappa shape index (κ2) is 9.60. The zero-order valence-electron chi connectivity index (χ0n) is 14.8. The zero-order valence-corrected chi connectivity index (χ0v) is 17.1. The van der Waals surface area contributed by atoms with E-state index in [2.05, 4.69) is 56.7 Å². The number of anilines is 1. The predicted octanol–water partition coefficient (Wildman–Crippen LogP) is 2.82. The van der Waals surface area contributed by atoms with Gasteiger partial charge in [-0.25, -0.2) is 0 Å². The molecule has 0 aliphatic carbocycles. The summed E-state index contributed by atoms with van der Waals surface area (Å²) in [6.45, 7) is 4.76. The van der Waals surface area contributed by atoms with Crippen LogP contribution in [0.2, 0.25) is 0 Å². The van der Waals surface area contributed by atoms with Gasteiger partial charge in [-0.2, -0.15) is 0 Å². The molecule has 0 radical (unpaired) electrons. The molecule has 0 saturated heterocycles. The molecule has 1 aliphatic rings. The van der Waals surface area contributed by atoms with Gasteiger partial charge >= 0.3 is 0 Å². The molecule has 1 aromatic heterocycles. The highest BCUT2D eigenvalue weighted by atomic mass is 127. The van der Waals surface area contributed by atoms with Gasteiger partial charge in [0.15, 0.2) is 5.96 Å². The molecule has 0 spiro atoms. The van der Waals surface area contributed by atoms with Crippen molar-refractivity contribution in [3.05, 3.63) is 59.9 Å².